The number of carbonyl (C=O) groups is 1. The van der Waals surface area contributed by atoms with Crippen molar-refractivity contribution in [1.29, 1.82) is 0 Å². The molecule has 0 saturated heterocycles. The van der Waals surface area contributed by atoms with Gasteiger partial charge in [0.25, 0.3) is 5.91 Å². The van der Waals surface area contributed by atoms with Crippen LogP contribution < -0.4 is 10.2 Å². The predicted molar refractivity (Wildman–Crippen MR) is 102 cm³/mol. The van der Waals surface area contributed by atoms with Crippen LogP contribution in [0.1, 0.15) is 15.9 Å². The average Bonchev–Trinajstić information content (AvgIpc) is 2.69. The highest BCUT2D eigenvalue weighted by Crippen LogP contribution is 2.22. The minimum atomic E-state index is -0.285. The Bertz CT molecular complexity index is 899. The molecule has 3 rings (SSSR count). The number of methoxy groups -OCH3 is 1. The van der Waals surface area contributed by atoms with Crippen molar-refractivity contribution in [2.45, 2.75) is 0 Å². The Hall–Kier alpha value is -3.60. The third-order valence-corrected chi connectivity index (χ3v) is 3.84. The Morgan fingerprint density at radius 1 is 0.923 bits per heavy atom. The van der Waals surface area contributed by atoms with Crippen molar-refractivity contribution >= 4 is 12.1 Å². The van der Waals surface area contributed by atoms with Crippen LogP contribution in [-0.2, 0) is 0 Å². The van der Waals surface area contributed by atoms with E-state index in [2.05, 4.69) is 10.5 Å². The van der Waals surface area contributed by atoms with E-state index in [4.69, 9.17) is 4.74 Å². The zero-order valence-electron chi connectivity index (χ0n) is 14.2. The Kier molecular flexibility index (Phi) is 5.29. The molecule has 0 spiro atoms. The summed E-state index contributed by atoms with van der Waals surface area (Å²) in [4.78, 5) is 12.1. The molecule has 0 bridgehead atoms. The van der Waals surface area contributed by atoms with Crippen LogP contribution in [0, 0.1) is 0 Å². The highest BCUT2D eigenvalue weighted by atomic mass is 16.5. The zero-order valence-corrected chi connectivity index (χ0v) is 14.2. The summed E-state index contributed by atoms with van der Waals surface area (Å²) in [5, 5.41) is 13.3. The fourth-order valence-electron chi connectivity index (χ4n) is 2.39. The lowest BCUT2D eigenvalue weighted by Gasteiger charge is -2.04. The molecule has 2 N–H and O–H groups in total. The number of rotatable bonds is 5. The van der Waals surface area contributed by atoms with Crippen LogP contribution in [-0.4, -0.2) is 24.3 Å². The molecular weight excluding hydrogens is 328 g/mol. The minimum absolute atomic E-state index is 0.222. The summed E-state index contributed by atoms with van der Waals surface area (Å²) < 4.78 is 5.09. The second-order valence-electron chi connectivity index (χ2n) is 5.60. The van der Waals surface area contributed by atoms with E-state index in [0.717, 1.165) is 22.4 Å². The molecule has 0 saturated carbocycles. The zero-order chi connectivity index (χ0) is 18.4. The second-order valence-corrected chi connectivity index (χ2v) is 5.60. The van der Waals surface area contributed by atoms with E-state index in [1.807, 2.05) is 48.5 Å². The summed E-state index contributed by atoms with van der Waals surface area (Å²) in [5.74, 6) is 0.700. The van der Waals surface area contributed by atoms with Crippen molar-refractivity contribution < 1.29 is 14.6 Å². The normalized spacial score (nSPS) is 10.7. The number of phenolic OH excluding ortho intramolecular Hbond substituents is 1. The SMILES string of the molecule is COc1ccc(C=NNC(=O)c2ccc(-c3ccc(O)cc3)cc2)cc1. The van der Waals surface area contributed by atoms with Crippen molar-refractivity contribution in [3.05, 3.63) is 83.9 Å². The first kappa shape index (κ1) is 17.2. The quantitative estimate of drug-likeness (QED) is 0.545. The Labute approximate surface area is 151 Å². The fourth-order valence-corrected chi connectivity index (χ4v) is 2.39. The molecule has 0 heterocycles. The molecule has 0 aliphatic carbocycles. The van der Waals surface area contributed by atoms with E-state index in [1.54, 1.807) is 37.6 Å². The third kappa shape index (κ3) is 4.27. The topological polar surface area (TPSA) is 70.9 Å². The number of phenols is 1. The number of nitrogens with zero attached hydrogens (tertiary/aromatic N) is 1. The standard InChI is InChI=1S/C21H18N2O3/c1-26-20-12-2-15(3-13-20)14-22-23-21(25)18-6-4-16(5-7-18)17-8-10-19(24)11-9-17/h2-14,24H,1H3,(H,23,25). The monoisotopic (exact) mass is 346 g/mol. The summed E-state index contributed by atoms with van der Waals surface area (Å²) >= 11 is 0. The number of carbonyl (C=O) groups excluding carboxylic acids is 1. The van der Waals surface area contributed by atoms with Gasteiger partial charge >= 0.3 is 0 Å². The maximum atomic E-state index is 12.1. The van der Waals surface area contributed by atoms with Crippen LogP contribution in [0.2, 0.25) is 0 Å². The molecule has 130 valence electrons. The van der Waals surface area contributed by atoms with E-state index in [9.17, 15) is 9.90 Å². The van der Waals surface area contributed by atoms with Gasteiger partial charge in [-0.25, -0.2) is 5.43 Å². The van der Waals surface area contributed by atoms with Gasteiger partial charge in [0.05, 0.1) is 13.3 Å². The van der Waals surface area contributed by atoms with Gasteiger partial charge in [0, 0.05) is 5.56 Å². The molecule has 0 atom stereocenters. The van der Waals surface area contributed by atoms with Crippen LogP contribution in [0.25, 0.3) is 11.1 Å². The summed E-state index contributed by atoms with van der Waals surface area (Å²) in [6.45, 7) is 0. The molecule has 3 aromatic rings. The number of ether oxygens (including phenoxy) is 1. The molecule has 0 aliphatic rings. The van der Waals surface area contributed by atoms with Gasteiger partial charge in [-0.3, -0.25) is 4.79 Å². The Morgan fingerprint density at radius 3 is 2.08 bits per heavy atom. The van der Waals surface area contributed by atoms with Gasteiger partial charge in [-0.2, -0.15) is 5.10 Å². The Morgan fingerprint density at radius 2 is 1.50 bits per heavy atom. The molecule has 0 unspecified atom stereocenters. The van der Waals surface area contributed by atoms with Crippen LogP contribution in [0.3, 0.4) is 0 Å². The van der Waals surface area contributed by atoms with Crippen LogP contribution in [0.4, 0.5) is 0 Å². The minimum Gasteiger partial charge on any atom is -0.508 e. The Balaban J connectivity index is 1.62. The van der Waals surface area contributed by atoms with Gasteiger partial charge in [0.2, 0.25) is 0 Å². The van der Waals surface area contributed by atoms with Crippen molar-refractivity contribution in [1.82, 2.24) is 5.43 Å². The fraction of sp³-hybridized carbons (Fsp3) is 0.0476. The van der Waals surface area contributed by atoms with E-state index >= 15 is 0 Å². The largest absolute Gasteiger partial charge is 0.508 e. The number of hydrogen-bond acceptors (Lipinski definition) is 4. The molecule has 5 nitrogen and oxygen atoms in total. The molecule has 5 heteroatoms. The summed E-state index contributed by atoms with van der Waals surface area (Å²) in [6, 6.07) is 21.4. The van der Waals surface area contributed by atoms with Gasteiger partial charge in [-0.15, -0.1) is 0 Å². The smallest absolute Gasteiger partial charge is 0.271 e. The van der Waals surface area contributed by atoms with Crippen molar-refractivity contribution in [2.75, 3.05) is 7.11 Å². The van der Waals surface area contributed by atoms with E-state index in [1.165, 1.54) is 0 Å². The van der Waals surface area contributed by atoms with E-state index in [0.29, 0.717) is 5.56 Å². The maximum absolute atomic E-state index is 12.1. The lowest BCUT2D eigenvalue weighted by atomic mass is 10.0. The van der Waals surface area contributed by atoms with Crippen molar-refractivity contribution in [3.63, 3.8) is 0 Å². The summed E-state index contributed by atoms with van der Waals surface area (Å²) in [7, 11) is 1.61. The molecule has 0 aliphatic heterocycles. The first-order valence-electron chi connectivity index (χ1n) is 8.02. The third-order valence-electron chi connectivity index (χ3n) is 3.84. The maximum Gasteiger partial charge on any atom is 0.271 e. The van der Waals surface area contributed by atoms with Gasteiger partial charge in [0.15, 0.2) is 0 Å². The van der Waals surface area contributed by atoms with Crippen molar-refractivity contribution in [2.24, 2.45) is 5.10 Å². The highest BCUT2D eigenvalue weighted by Gasteiger charge is 2.05. The highest BCUT2D eigenvalue weighted by molar-refractivity contribution is 5.95. The van der Waals surface area contributed by atoms with Gasteiger partial charge in [-0.05, 0) is 65.2 Å². The summed E-state index contributed by atoms with van der Waals surface area (Å²) in [6.07, 6.45) is 1.57. The van der Waals surface area contributed by atoms with E-state index in [-0.39, 0.29) is 11.7 Å². The van der Waals surface area contributed by atoms with Crippen LogP contribution in [0.15, 0.2) is 77.9 Å². The number of hydrazone groups is 1. The molecule has 0 radical (unpaired) electrons. The lowest BCUT2D eigenvalue weighted by Crippen LogP contribution is -2.17. The second kappa shape index (κ2) is 7.98. The first-order chi connectivity index (χ1) is 12.7. The molecule has 0 fully saturated rings. The molecular formula is C21H18N2O3. The number of amides is 1. The summed E-state index contributed by atoms with van der Waals surface area (Å²) in [5.41, 5.74) is 5.80. The average molecular weight is 346 g/mol. The molecule has 26 heavy (non-hydrogen) atoms. The van der Waals surface area contributed by atoms with Gasteiger partial charge < -0.3 is 9.84 Å². The molecule has 3 aromatic carbocycles. The van der Waals surface area contributed by atoms with Crippen LogP contribution in [0.5, 0.6) is 11.5 Å². The lowest BCUT2D eigenvalue weighted by molar-refractivity contribution is 0.0955. The van der Waals surface area contributed by atoms with E-state index < -0.39 is 0 Å². The molecule has 1 amide bonds. The molecule has 0 aromatic heterocycles. The van der Waals surface area contributed by atoms with Crippen molar-refractivity contribution in [3.8, 4) is 22.6 Å². The predicted octanol–water partition coefficient (Wildman–Crippen LogP) is 3.83. The number of hydrogen-bond donors (Lipinski definition) is 2. The van der Waals surface area contributed by atoms with Crippen LogP contribution >= 0.6 is 0 Å². The van der Waals surface area contributed by atoms with Gasteiger partial charge in [0.1, 0.15) is 11.5 Å². The van der Waals surface area contributed by atoms with Gasteiger partial charge in [-0.1, -0.05) is 24.3 Å². The number of benzene rings is 3. The number of aromatic hydroxyl groups is 1. The first-order valence-corrected chi connectivity index (χ1v) is 8.02. The number of nitrogens with one attached hydrogen (secondary N) is 1.